The first-order chi connectivity index (χ1) is 15.1. The van der Waals surface area contributed by atoms with Crippen molar-refractivity contribution in [3.63, 3.8) is 0 Å². The van der Waals surface area contributed by atoms with Crippen LogP contribution >= 0.6 is 0 Å². The van der Waals surface area contributed by atoms with E-state index in [0.29, 0.717) is 28.3 Å². The molecule has 2 heterocycles. The average Bonchev–Trinajstić information content (AvgIpc) is 3.52. The third-order valence-electron chi connectivity index (χ3n) is 5.26. The Morgan fingerprint density at radius 1 is 1.06 bits per heavy atom. The van der Waals surface area contributed by atoms with Gasteiger partial charge in [0.2, 0.25) is 5.91 Å². The van der Waals surface area contributed by atoms with Gasteiger partial charge in [-0.25, -0.2) is 9.36 Å². The molecule has 1 fully saturated rings. The van der Waals surface area contributed by atoms with Gasteiger partial charge in [-0.3, -0.25) is 19.5 Å². The van der Waals surface area contributed by atoms with Gasteiger partial charge in [0.25, 0.3) is 11.1 Å². The van der Waals surface area contributed by atoms with Crippen LogP contribution in [-0.4, -0.2) is 35.9 Å². The SMILES string of the molecule is O=C(CCn1[nH]c(=O)c2ccccc2c1=O)Nc1ccc(-c2nnnn2C2CC2)cc1. The lowest BCUT2D eigenvalue weighted by Gasteiger charge is -2.09. The van der Waals surface area contributed by atoms with E-state index >= 15 is 0 Å². The summed E-state index contributed by atoms with van der Waals surface area (Å²) in [5, 5.41) is 17.9. The maximum Gasteiger partial charge on any atom is 0.273 e. The van der Waals surface area contributed by atoms with Gasteiger partial charge < -0.3 is 5.32 Å². The standard InChI is InChI=1S/C21H19N7O3/c29-18(11-12-27-21(31)17-4-2-1-3-16(17)20(30)24-27)22-14-7-5-13(6-8-14)19-23-25-26-28(19)15-9-10-15/h1-8,15H,9-12H2,(H,22,29)(H,24,30). The number of aryl methyl sites for hydroxylation is 1. The van der Waals surface area contributed by atoms with Gasteiger partial charge in [-0.05, 0) is 59.7 Å². The lowest BCUT2D eigenvalue weighted by atomic mass is 10.2. The number of hydrogen-bond donors (Lipinski definition) is 2. The number of carbonyl (C=O) groups excluding carboxylic acids is 1. The molecular formula is C21H19N7O3. The number of tetrazole rings is 1. The first-order valence-electron chi connectivity index (χ1n) is 10.00. The molecule has 1 aliphatic carbocycles. The van der Waals surface area contributed by atoms with Crippen molar-refractivity contribution in [1.82, 2.24) is 30.0 Å². The predicted octanol–water partition coefficient (Wildman–Crippen LogP) is 1.71. The lowest BCUT2D eigenvalue weighted by Crippen LogP contribution is -2.31. The second-order valence-electron chi connectivity index (χ2n) is 7.50. The smallest absolute Gasteiger partial charge is 0.273 e. The summed E-state index contributed by atoms with van der Waals surface area (Å²) in [4.78, 5) is 37.0. The molecule has 0 saturated heterocycles. The average molecular weight is 417 g/mol. The summed E-state index contributed by atoms with van der Waals surface area (Å²) in [5.74, 6) is 0.441. The molecule has 156 valence electrons. The summed E-state index contributed by atoms with van der Waals surface area (Å²) < 4.78 is 3.00. The first kappa shape index (κ1) is 18.9. The number of nitrogens with one attached hydrogen (secondary N) is 2. The van der Waals surface area contributed by atoms with E-state index in [1.54, 1.807) is 36.4 Å². The fraction of sp³-hybridized carbons (Fsp3) is 0.238. The van der Waals surface area contributed by atoms with Crippen molar-refractivity contribution in [2.24, 2.45) is 0 Å². The van der Waals surface area contributed by atoms with Gasteiger partial charge >= 0.3 is 0 Å². The fourth-order valence-corrected chi connectivity index (χ4v) is 3.49. The third kappa shape index (κ3) is 3.75. The molecule has 2 aromatic heterocycles. The highest BCUT2D eigenvalue weighted by Gasteiger charge is 2.28. The van der Waals surface area contributed by atoms with E-state index in [1.165, 1.54) is 4.68 Å². The van der Waals surface area contributed by atoms with Crippen LogP contribution in [0.4, 0.5) is 5.69 Å². The van der Waals surface area contributed by atoms with Gasteiger partial charge in [-0.1, -0.05) is 12.1 Å². The highest BCUT2D eigenvalue weighted by Crippen LogP contribution is 2.36. The summed E-state index contributed by atoms with van der Waals surface area (Å²) in [5.41, 5.74) is 0.800. The number of H-pyrrole nitrogens is 1. The van der Waals surface area contributed by atoms with Crippen LogP contribution in [0.25, 0.3) is 22.2 Å². The molecule has 0 atom stereocenters. The van der Waals surface area contributed by atoms with Crippen molar-refractivity contribution in [2.45, 2.75) is 31.8 Å². The summed E-state index contributed by atoms with van der Waals surface area (Å²) in [6.45, 7) is 0.0684. The molecule has 4 aromatic rings. The number of amides is 1. The Bertz CT molecular complexity index is 1380. The maximum absolute atomic E-state index is 12.5. The molecule has 0 spiro atoms. The van der Waals surface area contributed by atoms with E-state index in [2.05, 4.69) is 25.9 Å². The van der Waals surface area contributed by atoms with Crippen molar-refractivity contribution >= 4 is 22.4 Å². The number of benzene rings is 2. The molecule has 2 N–H and O–H groups in total. The van der Waals surface area contributed by atoms with Crippen LogP contribution in [0.5, 0.6) is 0 Å². The molecule has 2 aromatic carbocycles. The molecule has 0 radical (unpaired) electrons. The summed E-state index contributed by atoms with van der Waals surface area (Å²) >= 11 is 0. The van der Waals surface area contributed by atoms with Crippen LogP contribution in [0.2, 0.25) is 0 Å². The van der Waals surface area contributed by atoms with Gasteiger partial charge in [-0.15, -0.1) is 5.10 Å². The summed E-state index contributed by atoms with van der Waals surface area (Å²) in [6, 6.07) is 14.2. The Balaban J connectivity index is 1.25. The van der Waals surface area contributed by atoms with Gasteiger partial charge in [0.1, 0.15) is 0 Å². The Hall–Kier alpha value is -4.08. The Morgan fingerprint density at radius 2 is 1.81 bits per heavy atom. The zero-order valence-electron chi connectivity index (χ0n) is 16.5. The van der Waals surface area contributed by atoms with Crippen LogP contribution in [0.1, 0.15) is 25.3 Å². The Labute approximate surface area is 175 Å². The molecular weight excluding hydrogens is 398 g/mol. The van der Waals surface area contributed by atoms with Gasteiger partial charge in [0.15, 0.2) is 5.82 Å². The van der Waals surface area contributed by atoms with E-state index < -0.39 is 0 Å². The van der Waals surface area contributed by atoms with E-state index in [-0.39, 0.29) is 30.0 Å². The highest BCUT2D eigenvalue weighted by molar-refractivity contribution is 5.90. The topological polar surface area (TPSA) is 128 Å². The second kappa shape index (κ2) is 7.63. The van der Waals surface area contributed by atoms with Gasteiger partial charge in [0, 0.05) is 17.7 Å². The zero-order valence-corrected chi connectivity index (χ0v) is 16.5. The van der Waals surface area contributed by atoms with Crippen molar-refractivity contribution < 1.29 is 4.79 Å². The molecule has 1 saturated carbocycles. The molecule has 0 aliphatic heterocycles. The lowest BCUT2D eigenvalue weighted by molar-refractivity contribution is -0.116. The molecule has 1 amide bonds. The molecule has 1 aliphatic rings. The number of rotatable bonds is 6. The van der Waals surface area contributed by atoms with Crippen LogP contribution in [0.3, 0.4) is 0 Å². The molecule has 10 heteroatoms. The van der Waals surface area contributed by atoms with Crippen LogP contribution < -0.4 is 16.4 Å². The van der Waals surface area contributed by atoms with Crippen molar-refractivity contribution in [1.29, 1.82) is 0 Å². The Morgan fingerprint density at radius 3 is 2.55 bits per heavy atom. The number of nitrogens with zero attached hydrogens (tertiary/aromatic N) is 5. The number of aromatic nitrogens is 6. The van der Waals surface area contributed by atoms with Crippen molar-refractivity contribution in [3.8, 4) is 11.4 Å². The molecule has 0 unspecified atom stereocenters. The largest absolute Gasteiger partial charge is 0.326 e. The zero-order chi connectivity index (χ0) is 21.4. The number of hydrogen-bond acceptors (Lipinski definition) is 6. The van der Waals surface area contributed by atoms with E-state index in [1.807, 2.05) is 16.8 Å². The van der Waals surface area contributed by atoms with E-state index in [4.69, 9.17) is 0 Å². The highest BCUT2D eigenvalue weighted by atomic mass is 16.2. The van der Waals surface area contributed by atoms with Crippen LogP contribution in [-0.2, 0) is 11.3 Å². The minimum Gasteiger partial charge on any atom is -0.326 e. The predicted molar refractivity (Wildman–Crippen MR) is 114 cm³/mol. The van der Waals surface area contributed by atoms with Crippen molar-refractivity contribution in [2.75, 3.05) is 5.32 Å². The summed E-state index contributed by atoms with van der Waals surface area (Å²) in [7, 11) is 0. The fourth-order valence-electron chi connectivity index (χ4n) is 3.49. The minimum absolute atomic E-state index is 0.0376. The van der Waals surface area contributed by atoms with Crippen LogP contribution in [0.15, 0.2) is 58.1 Å². The molecule has 31 heavy (non-hydrogen) atoms. The van der Waals surface area contributed by atoms with Crippen LogP contribution in [0, 0.1) is 0 Å². The number of fused-ring (bicyclic) bond motifs is 1. The number of anilines is 1. The summed E-state index contributed by atoms with van der Waals surface area (Å²) in [6.07, 6.45) is 2.20. The molecule has 10 nitrogen and oxygen atoms in total. The van der Waals surface area contributed by atoms with E-state index in [9.17, 15) is 14.4 Å². The second-order valence-corrected chi connectivity index (χ2v) is 7.50. The Kier molecular flexibility index (Phi) is 4.66. The monoisotopic (exact) mass is 417 g/mol. The number of aromatic amines is 1. The van der Waals surface area contributed by atoms with E-state index in [0.717, 1.165) is 18.4 Å². The maximum atomic E-state index is 12.5. The minimum atomic E-state index is -0.361. The first-order valence-corrected chi connectivity index (χ1v) is 10.00. The molecule has 5 rings (SSSR count). The third-order valence-corrected chi connectivity index (χ3v) is 5.26. The number of carbonyl (C=O) groups is 1. The van der Waals surface area contributed by atoms with Gasteiger partial charge in [0.05, 0.1) is 23.4 Å². The molecule has 0 bridgehead atoms. The normalized spacial score (nSPS) is 13.4. The quantitative estimate of drug-likeness (QED) is 0.492. The van der Waals surface area contributed by atoms with Gasteiger partial charge in [-0.2, -0.15) is 0 Å². The van der Waals surface area contributed by atoms with Crippen molar-refractivity contribution in [3.05, 3.63) is 69.2 Å².